The predicted molar refractivity (Wildman–Crippen MR) is 76.2 cm³/mol. The smallest absolute Gasteiger partial charge is 0.311 e. The molecule has 0 heterocycles. The fraction of sp³-hybridized carbons (Fsp3) is 0.562. The maximum Gasteiger partial charge on any atom is 0.311 e. The molecule has 1 rings (SSSR count). The minimum absolute atomic E-state index is 0.168. The summed E-state index contributed by atoms with van der Waals surface area (Å²) in [5.74, 6) is 0.658. The van der Waals surface area contributed by atoms with Gasteiger partial charge >= 0.3 is 5.97 Å². The van der Waals surface area contributed by atoms with Gasteiger partial charge in [-0.15, -0.1) is 0 Å². The van der Waals surface area contributed by atoms with Gasteiger partial charge in [0, 0.05) is 5.56 Å². The first-order valence-electron chi connectivity index (χ1n) is 6.81. The number of hydrogen-bond acceptors (Lipinski definition) is 3. The normalized spacial score (nSPS) is 11.2. The molecule has 106 valence electrons. The molecule has 0 amide bonds. The van der Waals surface area contributed by atoms with E-state index in [-0.39, 0.29) is 12.6 Å². The lowest BCUT2D eigenvalue weighted by atomic mass is 9.91. The molecule has 3 nitrogen and oxygen atoms in total. The van der Waals surface area contributed by atoms with Crippen LogP contribution in [0.2, 0.25) is 0 Å². The maximum atomic E-state index is 12.0. The van der Waals surface area contributed by atoms with Crippen LogP contribution in [0, 0.1) is 12.3 Å². The Morgan fingerprint density at radius 2 is 1.95 bits per heavy atom. The Bertz CT molecular complexity index is 436. The SMILES string of the molecule is CCOc1c(C)cccc1COC(=O)C(C)(C)CC. The monoisotopic (exact) mass is 264 g/mol. The van der Waals surface area contributed by atoms with E-state index in [0.717, 1.165) is 23.3 Å². The highest BCUT2D eigenvalue weighted by atomic mass is 16.5. The molecule has 0 spiro atoms. The third-order valence-corrected chi connectivity index (χ3v) is 3.38. The molecule has 0 aromatic heterocycles. The lowest BCUT2D eigenvalue weighted by Gasteiger charge is -2.21. The molecule has 0 saturated carbocycles. The van der Waals surface area contributed by atoms with Gasteiger partial charge in [-0.05, 0) is 39.7 Å². The van der Waals surface area contributed by atoms with E-state index in [2.05, 4.69) is 0 Å². The van der Waals surface area contributed by atoms with Gasteiger partial charge in [0.05, 0.1) is 12.0 Å². The van der Waals surface area contributed by atoms with Gasteiger partial charge in [-0.25, -0.2) is 0 Å². The summed E-state index contributed by atoms with van der Waals surface area (Å²) in [5, 5.41) is 0. The first-order valence-corrected chi connectivity index (χ1v) is 6.81. The Balaban J connectivity index is 2.78. The first kappa shape index (κ1) is 15.5. The fourth-order valence-corrected chi connectivity index (χ4v) is 1.66. The average molecular weight is 264 g/mol. The minimum atomic E-state index is -0.435. The average Bonchev–Trinajstić information content (AvgIpc) is 2.39. The fourth-order valence-electron chi connectivity index (χ4n) is 1.66. The zero-order chi connectivity index (χ0) is 14.5. The third kappa shape index (κ3) is 3.98. The van der Waals surface area contributed by atoms with Crippen molar-refractivity contribution in [3.63, 3.8) is 0 Å². The van der Waals surface area contributed by atoms with Gasteiger partial charge in [-0.3, -0.25) is 4.79 Å². The van der Waals surface area contributed by atoms with Crippen LogP contribution in [0.3, 0.4) is 0 Å². The molecule has 0 fully saturated rings. The molecule has 19 heavy (non-hydrogen) atoms. The highest BCUT2D eigenvalue weighted by Crippen LogP contribution is 2.26. The van der Waals surface area contributed by atoms with Crippen molar-refractivity contribution < 1.29 is 14.3 Å². The number of esters is 1. The number of carbonyl (C=O) groups is 1. The van der Waals surface area contributed by atoms with E-state index in [1.54, 1.807) is 0 Å². The highest BCUT2D eigenvalue weighted by molar-refractivity contribution is 5.75. The van der Waals surface area contributed by atoms with E-state index in [1.165, 1.54) is 0 Å². The molecular weight excluding hydrogens is 240 g/mol. The number of benzene rings is 1. The molecule has 0 atom stereocenters. The zero-order valence-corrected chi connectivity index (χ0v) is 12.6. The molecule has 1 aromatic carbocycles. The van der Waals surface area contributed by atoms with Crippen LogP contribution >= 0.6 is 0 Å². The molecule has 3 heteroatoms. The largest absolute Gasteiger partial charge is 0.493 e. The molecule has 1 aromatic rings. The molecule has 0 radical (unpaired) electrons. The molecule has 0 aliphatic heterocycles. The van der Waals surface area contributed by atoms with Crippen LogP contribution in [-0.4, -0.2) is 12.6 Å². The summed E-state index contributed by atoms with van der Waals surface area (Å²) in [6.45, 7) is 10.6. The second kappa shape index (κ2) is 6.60. The molecule has 0 aliphatic rings. The minimum Gasteiger partial charge on any atom is -0.493 e. The van der Waals surface area contributed by atoms with Crippen LogP contribution in [0.25, 0.3) is 0 Å². The van der Waals surface area contributed by atoms with E-state index in [9.17, 15) is 4.79 Å². The molecular formula is C16H24O3. The van der Waals surface area contributed by atoms with E-state index in [0.29, 0.717) is 6.61 Å². The summed E-state index contributed by atoms with van der Waals surface area (Å²) in [5.41, 5.74) is 1.54. The van der Waals surface area contributed by atoms with Crippen LogP contribution in [0.15, 0.2) is 18.2 Å². The van der Waals surface area contributed by atoms with Gasteiger partial charge in [0.25, 0.3) is 0 Å². The van der Waals surface area contributed by atoms with Crippen LogP contribution in [0.5, 0.6) is 5.75 Å². The van der Waals surface area contributed by atoms with Gasteiger partial charge in [-0.1, -0.05) is 25.1 Å². The number of ether oxygens (including phenoxy) is 2. The summed E-state index contributed by atoms with van der Waals surface area (Å²) >= 11 is 0. The van der Waals surface area contributed by atoms with Crippen LogP contribution in [0.4, 0.5) is 0 Å². The predicted octanol–water partition coefficient (Wildman–Crippen LogP) is 3.87. The summed E-state index contributed by atoms with van der Waals surface area (Å²) in [6.07, 6.45) is 0.762. The van der Waals surface area contributed by atoms with Gasteiger partial charge in [0.15, 0.2) is 0 Å². The van der Waals surface area contributed by atoms with Crippen molar-refractivity contribution in [1.82, 2.24) is 0 Å². The molecule has 0 bridgehead atoms. The summed E-state index contributed by atoms with van der Waals surface area (Å²) < 4.78 is 11.0. The molecule has 0 aliphatic carbocycles. The maximum absolute atomic E-state index is 12.0. The van der Waals surface area contributed by atoms with Crippen LogP contribution in [0.1, 0.15) is 45.2 Å². The molecule has 0 unspecified atom stereocenters. The Labute approximate surface area is 115 Å². The van der Waals surface area contributed by atoms with Gasteiger partial charge in [-0.2, -0.15) is 0 Å². The lowest BCUT2D eigenvalue weighted by Crippen LogP contribution is -2.25. The number of carbonyl (C=O) groups excluding carboxylic acids is 1. The van der Waals surface area contributed by atoms with E-state index in [1.807, 2.05) is 52.8 Å². The van der Waals surface area contributed by atoms with Crippen molar-refractivity contribution in [2.24, 2.45) is 5.41 Å². The number of rotatable bonds is 6. The Morgan fingerprint density at radius 1 is 1.26 bits per heavy atom. The van der Waals surface area contributed by atoms with Gasteiger partial charge in [0.1, 0.15) is 12.4 Å². The molecule has 0 saturated heterocycles. The Morgan fingerprint density at radius 3 is 2.53 bits per heavy atom. The summed E-state index contributed by atoms with van der Waals surface area (Å²) in [7, 11) is 0. The highest BCUT2D eigenvalue weighted by Gasteiger charge is 2.27. The van der Waals surface area contributed by atoms with E-state index >= 15 is 0 Å². The topological polar surface area (TPSA) is 35.5 Å². The second-order valence-corrected chi connectivity index (χ2v) is 5.31. The van der Waals surface area contributed by atoms with Gasteiger partial charge < -0.3 is 9.47 Å². The quantitative estimate of drug-likeness (QED) is 0.732. The lowest BCUT2D eigenvalue weighted by molar-refractivity contribution is -0.155. The number of aryl methyl sites for hydroxylation is 1. The van der Waals surface area contributed by atoms with Crippen molar-refractivity contribution >= 4 is 5.97 Å². The van der Waals surface area contributed by atoms with E-state index in [4.69, 9.17) is 9.47 Å². The Hall–Kier alpha value is -1.51. The standard InChI is InChI=1S/C16H24O3/c1-6-16(4,5)15(17)19-11-13-10-8-9-12(3)14(13)18-7-2/h8-10H,6-7,11H2,1-5H3. The summed E-state index contributed by atoms with van der Waals surface area (Å²) in [6, 6.07) is 5.88. The number of hydrogen-bond donors (Lipinski definition) is 0. The van der Waals surface area contributed by atoms with E-state index < -0.39 is 5.41 Å². The molecule has 0 N–H and O–H groups in total. The van der Waals surface area contributed by atoms with Crippen molar-refractivity contribution in [2.45, 2.75) is 47.6 Å². The van der Waals surface area contributed by atoms with Crippen molar-refractivity contribution in [2.75, 3.05) is 6.61 Å². The summed E-state index contributed by atoms with van der Waals surface area (Å²) in [4.78, 5) is 12.0. The first-order chi connectivity index (χ1) is 8.92. The van der Waals surface area contributed by atoms with Crippen molar-refractivity contribution in [3.8, 4) is 5.75 Å². The second-order valence-electron chi connectivity index (χ2n) is 5.31. The van der Waals surface area contributed by atoms with Gasteiger partial charge in [0.2, 0.25) is 0 Å². The van der Waals surface area contributed by atoms with Crippen LogP contribution < -0.4 is 4.74 Å². The van der Waals surface area contributed by atoms with Crippen molar-refractivity contribution in [1.29, 1.82) is 0 Å². The number of para-hydroxylation sites is 1. The van der Waals surface area contributed by atoms with Crippen molar-refractivity contribution in [3.05, 3.63) is 29.3 Å². The zero-order valence-electron chi connectivity index (χ0n) is 12.6. The third-order valence-electron chi connectivity index (χ3n) is 3.38. The Kier molecular flexibility index (Phi) is 5.40. The van der Waals surface area contributed by atoms with Crippen LogP contribution in [-0.2, 0) is 16.1 Å².